The summed E-state index contributed by atoms with van der Waals surface area (Å²) in [6, 6.07) is 0. The molecule has 1 aliphatic rings. The predicted molar refractivity (Wildman–Crippen MR) is 71.8 cm³/mol. The first-order valence-corrected chi connectivity index (χ1v) is 6.98. The summed E-state index contributed by atoms with van der Waals surface area (Å²) in [6.07, 6.45) is 5.45. The van der Waals surface area contributed by atoms with Gasteiger partial charge >= 0.3 is 0 Å². The molecule has 1 heterocycles. The Hall–Kier alpha value is -0.0800. The van der Waals surface area contributed by atoms with Gasteiger partial charge in [0.1, 0.15) is 0 Å². The van der Waals surface area contributed by atoms with Crippen LogP contribution in [0.3, 0.4) is 0 Å². The summed E-state index contributed by atoms with van der Waals surface area (Å²) >= 11 is 0. The lowest BCUT2D eigenvalue weighted by atomic mass is 9.95. The van der Waals surface area contributed by atoms with Crippen molar-refractivity contribution in [3.8, 4) is 0 Å². The first-order chi connectivity index (χ1) is 7.51. The van der Waals surface area contributed by atoms with Crippen molar-refractivity contribution in [1.82, 2.24) is 10.2 Å². The minimum absolute atomic E-state index is 0.277. The Morgan fingerprint density at radius 3 is 2.31 bits per heavy atom. The SMILES string of the molecule is CCCCN1CCC(CNC(C)(C)C)CC1. The number of piperidine rings is 1. The summed E-state index contributed by atoms with van der Waals surface area (Å²) < 4.78 is 0. The fourth-order valence-corrected chi connectivity index (χ4v) is 2.25. The van der Waals surface area contributed by atoms with E-state index in [9.17, 15) is 0 Å². The lowest BCUT2D eigenvalue weighted by Crippen LogP contribution is -2.43. The van der Waals surface area contributed by atoms with E-state index in [-0.39, 0.29) is 5.54 Å². The van der Waals surface area contributed by atoms with Crippen LogP contribution in [0, 0.1) is 5.92 Å². The molecule has 2 nitrogen and oxygen atoms in total. The zero-order valence-corrected chi connectivity index (χ0v) is 11.7. The van der Waals surface area contributed by atoms with Crippen molar-refractivity contribution in [2.45, 2.75) is 58.9 Å². The molecule has 0 unspecified atom stereocenters. The van der Waals surface area contributed by atoms with E-state index in [1.807, 2.05) is 0 Å². The molecule has 0 aromatic heterocycles. The predicted octanol–water partition coefficient (Wildman–Crippen LogP) is 2.89. The van der Waals surface area contributed by atoms with Gasteiger partial charge in [-0.2, -0.15) is 0 Å². The molecule has 1 saturated heterocycles. The quantitative estimate of drug-likeness (QED) is 0.775. The lowest BCUT2D eigenvalue weighted by Gasteiger charge is -2.33. The zero-order valence-electron chi connectivity index (χ0n) is 11.7. The van der Waals surface area contributed by atoms with Crippen LogP contribution in [0.5, 0.6) is 0 Å². The van der Waals surface area contributed by atoms with Gasteiger partial charge in [-0.1, -0.05) is 13.3 Å². The molecule has 2 heteroatoms. The van der Waals surface area contributed by atoms with Gasteiger partial charge in [-0.05, 0) is 72.1 Å². The highest BCUT2D eigenvalue weighted by Gasteiger charge is 2.20. The van der Waals surface area contributed by atoms with Crippen molar-refractivity contribution in [2.24, 2.45) is 5.92 Å². The summed E-state index contributed by atoms with van der Waals surface area (Å²) in [5.41, 5.74) is 0.277. The standard InChI is InChI=1S/C14H30N2/c1-5-6-9-16-10-7-13(8-11-16)12-15-14(2,3)4/h13,15H,5-12H2,1-4H3. The Labute approximate surface area is 102 Å². The molecule has 1 rings (SSSR count). The van der Waals surface area contributed by atoms with Gasteiger partial charge < -0.3 is 10.2 Å². The molecule has 0 atom stereocenters. The van der Waals surface area contributed by atoms with Gasteiger partial charge in [0.05, 0.1) is 0 Å². The number of rotatable bonds is 5. The molecule has 96 valence electrons. The molecule has 0 saturated carbocycles. The van der Waals surface area contributed by atoms with Crippen molar-refractivity contribution in [1.29, 1.82) is 0 Å². The first kappa shape index (κ1) is 14.0. The monoisotopic (exact) mass is 226 g/mol. The van der Waals surface area contributed by atoms with Crippen LogP contribution in [0.15, 0.2) is 0 Å². The first-order valence-electron chi connectivity index (χ1n) is 6.98. The smallest absolute Gasteiger partial charge is 0.00966 e. The van der Waals surface area contributed by atoms with E-state index in [4.69, 9.17) is 0 Å². The Morgan fingerprint density at radius 1 is 1.19 bits per heavy atom. The summed E-state index contributed by atoms with van der Waals surface area (Å²) in [5.74, 6) is 0.900. The van der Waals surface area contributed by atoms with Gasteiger partial charge in [0.25, 0.3) is 0 Å². The fraction of sp³-hybridized carbons (Fsp3) is 1.00. The molecule has 0 aromatic rings. The number of likely N-dealkylation sites (tertiary alicyclic amines) is 1. The number of hydrogen-bond donors (Lipinski definition) is 1. The van der Waals surface area contributed by atoms with E-state index in [2.05, 4.69) is 37.9 Å². The Kier molecular flexibility index (Phi) is 5.77. The highest BCUT2D eigenvalue weighted by atomic mass is 15.1. The minimum Gasteiger partial charge on any atom is -0.312 e. The summed E-state index contributed by atoms with van der Waals surface area (Å²) in [4.78, 5) is 2.64. The molecule has 0 spiro atoms. The van der Waals surface area contributed by atoms with E-state index >= 15 is 0 Å². The lowest BCUT2D eigenvalue weighted by molar-refractivity contribution is 0.175. The van der Waals surface area contributed by atoms with Crippen LogP contribution in [0.25, 0.3) is 0 Å². The molecule has 1 aliphatic heterocycles. The molecule has 1 fully saturated rings. The second-order valence-electron chi connectivity index (χ2n) is 6.27. The van der Waals surface area contributed by atoms with Crippen LogP contribution in [0.4, 0.5) is 0 Å². The minimum atomic E-state index is 0.277. The Balaban J connectivity index is 2.12. The molecule has 0 bridgehead atoms. The largest absolute Gasteiger partial charge is 0.312 e. The van der Waals surface area contributed by atoms with Crippen LogP contribution >= 0.6 is 0 Å². The highest BCUT2D eigenvalue weighted by Crippen LogP contribution is 2.17. The van der Waals surface area contributed by atoms with Gasteiger partial charge in [0, 0.05) is 5.54 Å². The number of unbranched alkanes of at least 4 members (excludes halogenated alkanes) is 1. The molecule has 16 heavy (non-hydrogen) atoms. The molecular weight excluding hydrogens is 196 g/mol. The maximum absolute atomic E-state index is 3.63. The fourth-order valence-electron chi connectivity index (χ4n) is 2.25. The Bertz CT molecular complexity index is 176. The van der Waals surface area contributed by atoms with Gasteiger partial charge in [-0.25, -0.2) is 0 Å². The Morgan fingerprint density at radius 2 is 1.81 bits per heavy atom. The maximum Gasteiger partial charge on any atom is 0.00966 e. The molecule has 1 N–H and O–H groups in total. The van der Waals surface area contributed by atoms with Gasteiger partial charge in [-0.15, -0.1) is 0 Å². The maximum atomic E-state index is 3.63. The van der Waals surface area contributed by atoms with Crippen molar-refractivity contribution < 1.29 is 0 Å². The second-order valence-corrected chi connectivity index (χ2v) is 6.27. The molecular formula is C14H30N2. The molecule has 0 aliphatic carbocycles. The highest BCUT2D eigenvalue weighted by molar-refractivity contribution is 4.77. The van der Waals surface area contributed by atoms with Gasteiger partial charge in [0.2, 0.25) is 0 Å². The van der Waals surface area contributed by atoms with Crippen LogP contribution in [0.2, 0.25) is 0 Å². The van der Waals surface area contributed by atoms with Gasteiger partial charge in [-0.3, -0.25) is 0 Å². The third-order valence-corrected chi connectivity index (χ3v) is 3.46. The molecule has 0 radical (unpaired) electrons. The average Bonchev–Trinajstić information content (AvgIpc) is 2.24. The summed E-state index contributed by atoms with van der Waals surface area (Å²) in [6.45, 7) is 14.2. The number of nitrogens with zero attached hydrogens (tertiary/aromatic N) is 1. The third-order valence-electron chi connectivity index (χ3n) is 3.46. The number of nitrogens with one attached hydrogen (secondary N) is 1. The average molecular weight is 226 g/mol. The van der Waals surface area contributed by atoms with Gasteiger partial charge in [0.15, 0.2) is 0 Å². The van der Waals surface area contributed by atoms with E-state index in [0.717, 1.165) is 5.92 Å². The van der Waals surface area contributed by atoms with Crippen LogP contribution < -0.4 is 5.32 Å². The normalized spacial score (nSPS) is 20.2. The van der Waals surface area contributed by atoms with Crippen LogP contribution in [-0.4, -0.2) is 36.6 Å². The van der Waals surface area contributed by atoms with Crippen LogP contribution in [0.1, 0.15) is 53.4 Å². The zero-order chi connectivity index (χ0) is 12.0. The van der Waals surface area contributed by atoms with E-state index in [0.29, 0.717) is 0 Å². The second kappa shape index (κ2) is 6.61. The summed E-state index contributed by atoms with van der Waals surface area (Å²) in [5, 5.41) is 3.63. The van der Waals surface area contributed by atoms with Crippen molar-refractivity contribution in [2.75, 3.05) is 26.2 Å². The van der Waals surface area contributed by atoms with Crippen molar-refractivity contribution in [3.63, 3.8) is 0 Å². The molecule has 0 aromatic carbocycles. The van der Waals surface area contributed by atoms with Crippen molar-refractivity contribution in [3.05, 3.63) is 0 Å². The number of hydrogen-bond acceptors (Lipinski definition) is 2. The summed E-state index contributed by atoms with van der Waals surface area (Å²) in [7, 11) is 0. The van der Waals surface area contributed by atoms with E-state index in [1.165, 1.54) is 51.9 Å². The van der Waals surface area contributed by atoms with E-state index < -0.39 is 0 Å². The third kappa shape index (κ3) is 5.86. The molecule has 0 amide bonds. The van der Waals surface area contributed by atoms with E-state index in [1.54, 1.807) is 0 Å². The topological polar surface area (TPSA) is 15.3 Å². The van der Waals surface area contributed by atoms with Crippen LogP contribution in [-0.2, 0) is 0 Å². The van der Waals surface area contributed by atoms with Crippen molar-refractivity contribution >= 4 is 0 Å².